The van der Waals surface area contributed by atoms with E-state index < -0.39 is 0 Å². The van der Waals surface area contributed by atoms with Gasteiger partial charge >= 0.3 is 0 Å². The molecule has 4 nitrogen and oxygen atoms in total. The maximum absolute atomic E-state index is 5.98. The highest BCUT2D eigenvalue weighted by atomic mass is 32.2. The summed E-state index contributed by atoms with van der Waals surface area (Å²) in [6.45, 7) is 4.86. The molecule has 2 rings (SSSR count). The van der Waals surface area contributed by atoms with E-state index in [2.05, 4.69) is 14.9 Å². The normalized spacial score (nSPS) is 17.5. The van der Waals surface area contributed by atoms with Crippen LogP contribution in [-0.2, 0) is 6.42 Å². The topological polar surface area (TPSA) is 54.5 Å². The first-order valence-electron chi connectivity index (χ1n) is 5.79. The van der Waals surface area contributed by atoms with Gasteiger partial charge in [0, 0.05) is 42.4 Å². The Bertz CT molecular complexity index is 383. The predicted octanol–water partition coefficient (Wildman–Crippen LogP) is 1.36. The highest BCUT2D eigenvalue weighted by Gasteiger charge is 2.11. The zero-order chi connectivity index (χ0) is 12.1. The van der Waals surface area contributed by atoms with Crippen LogP contribution in [0.2, 0.25) is 0 Å². The number of aryl methyl sites for hydroxylation is 1. The number of nitrogens with zero attached hydrogens (tertiary/aromatic N) is 3. The molecule has 0 aromatic carbocycles. The summed E-state index contributed by atoms with van der Waals surface area (Å²) >= 11 is 3.68. The van der Waals surface area contributed by atoms with Crippen LogP contribution in [0.1, 0.15) is 10.6 Å². The van der Waals surface area contributed by atoms with Gasteiger partial charge in [0.2, 0.25) is 0 Å². The summed E-state index contributed by atoms with van der Waals surface area (Å²) in [4.78, 5) is 12.2. The van der Waals surface area contributed by atoms with Crippen LogP contribution in [0.5, 0.6) is 0 Å². The van der Waals surface area contributed by atoms with Crippen molar-refractivity contribution >= 4 is 29.1 Å². The van der Waals surface area contributed by atoms with Gasteiger partial charge in [-0.15, -0.1) is 11.3 Å². The molecular formula is C11H18N4S2. The Balaban J connectivity index is 1.81. The second kappa shape index (κ2) is 6.26. The third-order valence-electron chi connectivity index (χ3n) is 2.79. The standard InChI is InChI=1S/C11H18N4S2/c1-9-10(17-8-14-9)2-3-13-11(12)15-4-6-16-7-5-15/h8H,2-7H2,1H3,(H2,12,13). The lowest BCUT2D eigenvalue weighted by atomic mass is 10.3. The first-order valence-corrected chi connectivity index (χ1v) is 7.82. The van der Waals surface area contributed by atoms with E-state index in [-0.39, 0.29) is 0 Å². The Kier molecular flexibility index (Phi) is 4.67. The SMILES string of the molecule is Cc1ncsc1CCN=C(N)N1CCSCC1. The second-order valence-electron chi connectivity index (χ2n) is 3.95. The van der Waals surface area contributed by atoms with Gasteiger partial charge in [0.25, 0.3) is 0 Å². The van der Waals surface area contributed by atoms with Crippen molar-refractivity contribution in [2.75, 3.05) is 31.1 Å². The quantitative estimate of drug-likeness (QED) is 0.665. The molecule has 2 N–H and O–H groups in total. The molecule has 0 amide bonds. The summed E-state index contributed by atoms with van der Waals surface area (Å²) < 4.78 is 0. The minimum atomic E-state index is 0.701. The minimum Gasteiger partial charge on any atom is -0.370 e. The van der Waals surface area contributed by atoms with Crippen LogP contribution in [-0.4, -0.2) is 47.0 Å². The van der Waals surface area contributed by atoms with Gasteiger partial charge in [-0.2, -0.15) is 11.8 Å². The molecule has 0 aliphatic carbocycles. The average Bonchev–Trinajstić information content (AvgIpc) is 2.76. The van der Waals surface area contributed by atoms with E-state index in [9.17, 15) is 0 Å². The molecule has 94 valence electrons. The molecule has 1 aromatic rings. The van der Waals surface area contributed by atoms with E-state index in [1.807, 2.05) is 24.2 Å². The maximum Gasteiger partial charge on any atom is 0.191 e. The molecular weight excluding hydrogens is 252 g/mol. The molecule has 17 heavy (non-hydrogen) atoms. The molecule has 1 aromatic heterocycles. The number of nitrogens with two attached hydrogens (primary N) is 1. The summed E-state index contributed by atoms with van der Waals surface area (Å²) in [5.74, 6) is 3.02. The Morgan fingerprint density at radius 1 is 1.53 bits per heavy atom. The van der Waals surface area contributed by atoms with Crippen molar-refractivity contribution in [2.24, 2.45) is 10.7 Å². The van der Waals surface area contributed by atoms with Gasteiger partial charge in [-0.05, 0) is 6.92 Å². The average molecular weight is 270 g/mol. The van der Waals surface area contributed by atoms with E-state index in [0.717, 1.165) is 43.3 Å². The number of hydrogen-bond donors (Lipinski definition) is 1. The Labute approximate surface area is 110 Å². The first kappa shape index (κ1) is 12.7. The summed E-state index contributed by atoms with van der Waals surface area (Å²) in [5.41, 5.74) is 8.99. The second-order valence-corrected chi connectivity index (χ2v) is 6.11. The van der Waals surface area contributed by atoms with E-state index in [0.29, 0.717) is 5.96 Å². The van der Waals surface area contributed by atoms with Gasteiger partial charge in [-0.25, -0.2) is 4.98 Å². The van der Waals surface area contributed by atoms with Crippen molar-refractivity contribution in [3.8, 4) is 0 Å². The van der Waals surface area contributed by atoms with Gasteiger partial charge in [0.1, 0.15) is 0 Å². The molecule has 1 fully saturated rings. The number of guanidine groups is 1. The fourth-order valence-corrected chi connectivity index (χ4v) is 3.40. The van der Waals surface area contributed by atoms with Crippen molar-refractivity contribution in [2.45, 2.75) is 13.3 Å². The highest BCUT2D eigenvalue weighted by Crippen LogP contribution is 2.13. The van der Waals surface area contributed by atoms with Crippen molar-refractivity contribution in [1.29, 1.82) is 0 Å². The molecule has 0 radical (unpaired) electrons. The minimum absolute atomic E-state index is 0.701. The van der Waals surface area contributed by atoms with E-state index >= 15 is 0 Å². The van der Waals surface area contributed by atoms with Crippen molar-refractivity contribution in [3.63, 3.8) is 0 Å². The van der Waals surface area contributed by atoms with Crippen molar-refractivity contribution in [1.82, 2.24) is 9.88 Å². The molecule has 6 heteroatoms. The lowest BCUT2D eigenvalue weighted by molar-refractivity contribution is 0.456. The lowest BCUT2D eigenvalue weighted by Gasteiger charge is -2.27. The number of rotatable bonds is 3. The molecule has 0 saturated carbocycles. The van der Waals surface area contributed by atoms with Gasteiger partial charge in [-0.1, -0.05) is 0 Å². The van der Waals surface area contributed by atoms with Crippen molar-refractivity contribution in [3.05, 3.63) is 16.1 Å². The van der Waals surface area contributed by atoms with Crippen LogP contribution < -0.4 is 5.73 Å². The van der Waals surface area contributed by atoms with Gasteiger partial charge in [0.15, 0.2) is 5.96 Å². The Morgan fingerprint density at radius 2 is 2.29 bits per heavy atom. The number of thiazole rings is 1. The van der Waals surface area contributed by atoms with E-state index in [4.69, 9.17) is 5.73 Å². The summed E-state index contributed by atoms with van der Waals surface area (Å²) in [7, 11) is 0. The van der Waals surface area contributed by atoms with Crippen LogP contribution in [0.15, 0.2) is 10.5 Å². The fourth-order valence-electron chi connectivity index (χ4n) is 1.73. The number of thioether (sulfide) groups is 1. The molecule has 1 aliphatic heterocycles. The summed E-state index contributed by atoms with van der Waals surface area (Å²) in [6.07, 6.45) is 0.944. The van der Waals surface area contributed by atoms with Crippen molar-refractivity contribution < 1.29 is 0 Å². The monoisotopic (exact) mass is 270 g/mol. The zero-order valence-corrected chi connectivity index (χ0v) is 11.7. The molecule has 1 saturated heterocycles. The van der Waals surface area contributed by atoms with E-state index in [1.54, 1.807) is 11.3 Å². The summed E-state index contributed by atoms with van der Waals surface area (Å²) in [6, 6.07) is 0. The van der Waals surface area contributed by atoms with Gasteiger partial charge in [-0.3, -0.25) is 4.99 Å². The molecule has 0 atom stereocenters. The third-order valence-corrected chi connectivity index (χ3v) is 4.73. The fraction of sp³-hybridized carbons (Fsp3) is 0.636. The van der Waals surface area contributed by atoms with E-state index in [1.165, 1.54) is 4.88 Å². The Morgan fingerprint density at radius 3 is 2.94 bits per heavy atom. The highest BCUT2D eigenvalue weighted by molar-refractivity contribution is 7.99. The van der Waals surface area contributed by atoms with Crippen LogP contribution in [0.4, 0.5) is 0 Å². The summed E-state index contributed by atoms with van der Waals surface area (Å²) in [5, 5.41) is 0. The lowest BCUT2D eigenvalue weighted by Crippen LogP contribution is -2.42. The van der Waals surface area contributed by atoms with Gasteiger partial charge in [0.05, 0.1) is 11.2 Å². The number of aliphatic imine (C=N–C) groups is 1. The maximum atomic E-state index is 5.98. The number of aromatic nitrogens is 1. The van der Waals surface area contributed by atoms with Gasteiger partial charge < -0.3 is 10.6 Å². The third kappa shape index (κ3) is 3.61. The smallest absolute Gasteiger partial charge is 0.191 e. The van der Waals surface area contributed by atoms with Crippen LogP contribution >= 0.6 is 23.1 Å². The predicted molar refractivity (Wildman–Crippen MR) is 75.9 cm³/mol. The zero-order valence-electron chi connectivity index (χ0n) is 10.1. The largest absolute Gasteiger partial charge is 0.370 e. The molecule has 0 spiro atoms. The van der Waals surface area contributed by atoms with Crippen LogP contribution in [0, 0.1) is 6.92 Å². The molecule has 2 heterocycles. The molecule has 0 bridgehead atoms. The first-order chi connectivity index (χ1) is 8.27. The van der Waals surface area contributed by atoms with Crippen LogP contribution in [0.3, 0.4) is 0 Å². The molecule has 0 unspecified atom stereocenters. The molecule has 1 aliphatic rings. The Hall–Kier alpha value is -0.750. The number of hydrogen-bond acceptors (Lipinski definition) is 4. The van der Waals surface area contributed by atoms with Crippen LogP contribution in [0.25, 0.3) is 0 Å².